The van der Waals surface area contributed by atoms with Gasteiger partial charge < -0.3 is 9.84 Å². The van der Waals surface area contributed by atoms with Crippen molar-refractivity contribution in [1.82, 2.24) is 10.1 Å². The molecule has 140 valence electrons. The zero-order valence-electron chi connectivity index (χ0n) is 15.7. The Morgan fingerprint density at radius 2 is 2.27 bits per heavy atom. The number of anilines is 1. The number of nitrogens with one attached hydrogen (secondary N) is 1. The summed E-state index contributed by atoms with van der Waals surface area (Å²) in [6.45, 7) is 7.94. The van der Waals surface area contributed by atoms with Crippen LogP contribution < -0.4 is 5.32 Å². The first-order valence-corrected chi connectivity index (χ1v) is 10.1. The molecular formula is C20H27N3O2S. The molecule has 1 amide bonds. The molecule has 1 saturated heterocycles. The number of rotatable bonds is 7. The van der Waals surface area contributed by atoms with Crippen LogP contribution in [0.15, 0.2) is 28.8 Å². The van der Waals surface area contributed by atoms with Crippen molar-refractivity contribution in [2.24, 2.45) is 0 Å². The van der Waals surface area contributed by atoms with Gasteiger partial charge >= 0.3 is 0 Å². The van der Waals surface area contributed by atoms with Gasteiger partial charge in [0, 0.05) is 17.5 Å². The second-order valence-electron chi connectivity index (χ2n) is 6.77. The maximum absolute atomic E-state index is 12.6. The second kappa shape index (κ2) is 8.64. The van der Waals surface area contributed by atoms with E-state index in [9.17, 15) is 4.79 Å². The molecule has 2 aromatic rings. The summed E-state index contributed by atoms with van der Waals surface area (Å²) in [5.41, 5.74) is 1.38. The molecule has 0 radical (unpaired) electrons. The largest absolute Gasteiger partial charge is 0.359 e. The van der Waals surface area contributed by atoms with E-state index in [0.29, 0.717) is 23.2 Å². The van der Waals surface area contributed by atoms with Crippen LogP contribution in [0.1, 0.15) is 64.7 Å². The Bertz CT molecular complexity index is 758. The molecule has 0 bridgehead atoms. The van der Waals surface area contributed by atoms with Crippen molar-refractivity contribution in [3.05, 3.63) is 45.5 Å². The van der Waals surface area contributed by atoms with Crippen molar-refractivity contribution in [2.75, 3.05) is 18.4 Å². The van der Waals surface area contributed by atoms with Gasteiger partial charge in [-0.25, -0.2) is 0 Å². The minimum absolute atomic E-state index is 0.0944. The average Bonchev–Trinajstić information content (AvgIpc) is 3.35. The zero-order valence-corrected chi connectivity index (χ0v) is 16.6. The van der Waals surface area contributed by atoms with Crippen LogP contribution in [0.25, 0.3) is 0 Å². The first-order valence-electron chi connectivity index (χ1n) is 9.33. The first kappa shape index (κ1) is 18.9. The number of unbranched alkanes of at least 4 members (excludes halogenated alkanes) is 1. The lowest BCUT2D eigenvalue weighted by molar-refractivity contribution is 0.103. The Kier molecular flexibility index (Phi) is 6.27. The lowest BCUT2D eigenvalue weighted by Gasteiger charge is -2.21. The smallest absolute Gasteiger partial charge is 0.265 e. The summed E-state index contributed by atoms with van der Waals surface area (Å²) in [5, 5.41) is 6.81. The minimum atomic E-state index is -0.0944. The van der Waals surface area contributed by atoms with Crippen molar-refractivity contribution < 1.29 is 9.32 Å². The highest BCUT2D eigenvalue weighted by atomic mass is 32.1. The van der Waals surface area contributed by atoms with Crippen molar-refractivity contribution in [2.45, 2.75) is 52.5 Å². The van der Waals surface area contributed by atoms with Gasteiger partial charge in [-0.15, -0.1) is 11.3 Å². The highest BCUT2D eigenvalue weighted by Gasteiger charge is 2.27. The maximum atomic E-state index is 12.6. The van der Waals surface area contributed by atoms with E-state index in [1.807, 2.05) is 13.0 Å². The van der Waals surface area contributed by atoms with Gasteiger partial charge in [0.2, 0.25) is 0 Å². The highest BCUT2D eigenvalue weighted by Crippen LogP contribution is 2.36. The number of allylic oxidation sites excluding steroid dienone is 1. The molecule has 1 N–H and O–H groups in total. The standard InChI is InChI=1S/C20H27N3O2S/c1-4-5-6-7-12-23-13-8-9-16(23)17-10-11-18(26-17)20(24)21-19-14(2)22-25-15(19)3/h6-7,10-11,16H,4-5,8-9,12-13H2,1-3H3,(H,21,24)/b7-6+. The molecule has 5 nitrogen and oxygen atoms in total. The van der Waals surface area contributed by atoms with E-state index in [1.54, 1.807) is 18.3 Å². The van der Waals surface area contributed by atoms with Crippen molar-refractivity contribution >= 4 is 22.9 Å². The molecule has 1 aliphatic rings. The van der Waals surface area contributed by atoms with Gasteiger partial charge in [-0.3, -0.25) is 9.69 Å². The van der Waals surface area contributed by atoms with Crippen LogP contribution in [0.2, 0.25) is 0 Å². The van der Waals surface area contributed by atoms with Gasteiger partial charge in [-0.2, -0.15) is 0 Å². The Hall–Kier alpha value is -1.92. The maximum Gasteiger partial charge on any atom is 0.265 e. The fourth-order valence-electron chi connectivity index (χ4n) is 3.35. The predicted molar refractivity (Wildman–Crippen MR) is 106 cm³/mol. The SMILES string of the molecule is CCC/C=C/CN1CCCC1c1ccc(C(=O)Nc2c(C)noc2C)s1. The van der Waals surface area contributed by atoms with Gasteiger partial charge in [0.05, 0.1) is 4.88 Å². The molecule has 0 aromatic carbocycles. The predicted octanol–water partition coefficient (Wildman–Crippen LogP) is 5.10. The molecule has 1 atom stereocenters. The molecule has 2 aromatic heterocycles. The van der Waals surface area contributed by atoms with E-state index in [2.05, 4.69) is 40.5 Å². The van der Waals surface area contributed by atoms with E-state index in [1.165, 1.54) is 17.7 Å². The number of aromatic nitrogens is 1. The van der Waals surface area contributed by atoms with Crippen LogP contribution in [-0.4, -0.2) is 29.1 Å². The molecule has 3 rings (SSSR count). The minimum Gasteiger partial charge on any atom is -0.359 e. The lowest BCUT2D eigenvalue weighted by atomic mass is 10.2. The normalized spacial score (nSPS) is 18.0. The molecule has 0 aliphatic carbocycles. The second-order valence-corrected chi connectivity index (χ2v) is 7.88. The number of likely N-dealkylation sites (tertiary alicyclic amines) is 1. The topological polar surface area (TPSA) is 58.4 Å². The van der Waals surface area contributed by atoms with Crippen molar-refractivity contribution in [1.29, 1.82) is 0 Å². The number of aryl methyl sites for hydroxylation is 2. The molecule has 3 heterocycles. The first-order chi connectivity index (χ1) is 12.6. The number of thiophene rings is 1. The summed E-state index contributed by atoms with van der Waals surface area (Å²) in [6.07, 6.45) is 9.25. The van der Waals surface area contributed by atoms with Crippen molar-refractivity contribution in [3.63, 3.8) is 0 Å². The Labute approximate surface area is 159 Å². The van der Waals surface area contributed by atoms with Gasteiger partial charge in [-0.05, 0) is 51.8 Å². The van der Waals surface area contributed by atoms with Crippen LogP contribution in [0.4, 0.5) is 5.69 Å². The number of hydrogen-bond acceptors (Lipinski definition) is 5. The Morgan fingerprint density at radius 3 is 3.00 bits per heavy atom. The molecule has 6 heteroatoms. The number of carbonyl (C=O) groups is 1. The molecule has 1 aliphatic heterocycles. The summed E-state index contributed by atoms with van der Waals surface area (Å²) < 4.78 is 5.11. The Morgan fingerprint density at radius 1 is 1.42 bits per heavy atom. The number of carbonyl (C=O) groups excluding carboxylic acids is 1. The van der Waals surface area contributed by atoms with Crippen LogP contribution in [-0.2, 0) is 0 Å². The fourth-order valence-corrected chi connectivity index (χ4v) is 4.42. The van der Waals surface area contributed by atoms with E-state index in [4.69, 9.17) is 4.52 Å². The average molecular weight is 374 g/mol. The van der Waals surface area contributed by atoms with Gasteiger partial charge in [-0.1, -0.05) is 30.7 Å². The van der Waals surface area contributed by atoms with Crippen LogP contribution in [0.3, 0.4) is 0 Å². The third kappa shape index (κ3) is 4.24. The third-order valence-electron chi connectivity index (χ3n) is 4.78. The van der Waals surface area contributed by atoms with Gasteiger partial charge in [0.25, 0.3) is 5.91 Å². The summed E-state index contributed by atoms with van der Waals surface area (Å²) in [5.74, 6) is 0.538. The van der Waals surface area contributed by atoms with E-state index < -0.39 is 0 Å². The van der Waals surface area contributed by atoms with Crippen LogP contribution >= 0.6 is 11.3 Å². The quantitative estimate of drug-likeness (QED) is 0.686. The monoisotopic (exact) mass is 373 g/mol. The number of amides is 1. The molecule has 26 heavy (non-hydrogen) atoms. The van der Waals surface area contributed by atoms with E-state index in [-0.39, 0.29) is 5.91 Å². The number of nitrogens with zero attached hydrogens (tertiary/aromatic N) is 2. The summed E-state index contributed by atoms with van der Waals surface area (Å²) in [7, 11) is 0. The van der Waals surface area contributed by atoms with Crippen molar-refractivity contribution in [3.8, 4) is 0 Å². The van der Waals surface area contributed by atoms with Crippen LogP contribution in [0.5, 0.6) is 0 Å². The summed E-state index contributed by atoms with van der Waals surface area (Å²) in [6, 6.07) is 4.45. The zero-order chi connectivity index (χ0) is 18.5. The molecule has 1 unspecified atom stereocenters. The third-order valence-corrected chi connectivity index (χ3v) is 5.96. The molecule has 0 spiro atoms. The molecule has 1 fully saturated rings. The molecule has 0 saturated carbocycles. The Balaban J connectivity index is 1.66. The van der Waals surface area contributed by atoms with E-state index in [0.717, 1.165) is 30.8 Å². The number of hydrogen-bond donors (Lipinski definition) is 1. The summed E-state index contributed by atoms with van der Waals surface area (Å²) in [4.78, 5) is 17.1. The molecular weight excluding hydrogens is 346 g/mol. The summed E-state index contributed by atoms with van der Waals surface area (Å²) >= 11 is 1.59. The lowest BCUT2D eigenvalue weighted by Crippen LogP contribution is -2.22. The van der Waals surface area contributed by atoms with E-state index >= 15 is 0 Å². The van der Waals surface area contributed by atoms with Gasteiger partial charge in [0.15, 0.2) is 5.76 Å². The highest BCUT2D eigenvalue weighted by molar-refractivity contribution is 7.14. The van der Waals surface area contributed by atoms with Crippen LogP contribution in [0, 0.1) is 13.8 Å². The fraction of sp³-hybridized carbons (Fsp3) is 0.500. The van der Waals surface area contributed by atoms with Gasteiger partial charge in [0.1, 0.15) is 11.4 Å².